The fourth-order valence-electron chi connectivity index (χ4n) is 1.31. The van der Waals surface area contributed by atoms with E-state index in [1.165, 1.54) is 0 Å². The van der Waals surface area contributed by atoms with Gasteiger partial charge in [0.2, 0.25) is 0 Å². The highest BCUT2D eigenvalue weighted by Crippen LogP contribution is 2.16. The van der Waals surface area contributed by atoms with Gasteiger partial charge in [-0.2, -0.15) is 0 Å². The van der Waals surface area contributed by atoms with E-state index in [4.69, 9.17) is 18.0 Å². The maximum absolute atomic E-state index is 5.81. The van der Waals surface area contributed by atoms with Gasteiger partial charge in [0.05, 0.1) is 6.54 Å². The maximum Gasteiger partial charge on any atom is 0.0599 e. The molecule has 0 N–H and O–H groups in total. The molecular weight excluding hydrogens is 206 g/mol. The second kappa shape index (κ2) is 5.60. The van der Waals surface area contributed by atoms with Crippen molar-refractivity contribution in [1.29, 1.82) is 0 Å². The Hall–Kier alpha value is -1.23. The number of likely N-dealkylation sites (N-methyl/N-ethyl adjacent to an activating group) is 1. The summed E-state index contributed by atoms with van der Waals surface area (Å²) in [6.45, 7) is 5.42. The van der Waals surface area contributed by atoms with Crippen LogP contribution >= 0.6 is 11.6 Å². The summed E-state index contributed by atoms with van der Waals surface area (Å²) in [5, 5.41) is 0.739. The van der Waals surface area contributed by atoms with Crippen molar-refractivity contribution in [2.45, 2.75) is 0 Å². The lowest BCUT2D eigenvalue weighted by molar-refractivity contribution is 0.425. The quantitative estimate of drug-likeness (QED) is 0.704. The van der Waals surface area contributed by atoms with Crippen LogP contribution in [-0.2, 0) is 0 Å². The van der Waals surface area contributed by atoms with E-state index < -0.39 is 0 Å². The van der Waals surface area contributed by atoms with E-state index in [0.717, 1.165) is 22.7 Å². The van der Waals surface area contributed by atoms with E-state index in [0.29, 0.717) is 6.54 Å². The molecule has 0 atom stereocenters. The molecule has 1 aromatic rings. The van der Waals surface area contributed by atoms with E-state index in [2.05, 4.69) is 12.5 Å². The number of halogens is 1. The van der Waals surface area contributed by atoms with E-state index >= 15 is 0 Å². The molecule has 0 aliphatic rings. The van der Waals surface area contributed by atoms with Gasteiger partial charge in [-0.3, -0.25) is 4.90 Å². The first-order chi connectivity index (χ1) is 7.13. The zero-order valence-electron chi connectivity index (χ0n) is 8.83. The van der Waals surface area contributed by atoms with Crippen LogP contribution in [0.2, 0.25) is 5.02 Å². The summed E-state index contributed by atoms with van der Waals surface area (Å²) in [5.41, 5.74) is 2.15. The van der Waals surface area contributed by atoms with Crippen LogP contribution in [0.3, 0.4) is 0 Å². The molecular formula is C13H14ClN. The first kappa shape index (κ1) is 11.8. The third-order valence-corrected chi connectivity index (χ3v) is 2.33. The average molecular weight is 220 g/mol. The van der Waals surface area contributed by atoms with Crippen LogP contribution in [0.15, 0.2) is 30.8 Å². The van der Waals surface area contributed by atoms with Gasteiger partial charge in [0.25, 0.3) is 0 Å². The Kier molecular flexibility index (Phi) is 4.42. The molecule has 0 aromatic heterocycles. The van der Waals surface area contributed by atoms with E-state index in [-0.39, 0.29) is 0 Å². The molecule has 0 saturated carbocycles. The number of hydrogen-bond donors (Lipinski definition) is 0. The minimum Gasteiger partial charge on any atom is -0.291 e. The van der Waals surface area contributed by atoms with Gasteiger partial charge >= 0.3 is 0 Å². The van der Waals surface area contributed by atoms with Crippen molar-refractivity contribution < 1.29 is 0 Å². The molecule has 0 amide bonds. The molecule has 0 aliphatic carbocycles. The molecule has 78 valence electrons. The molecule has 0 heterocycles. The summed E-state index contributed by atoms with van der Waals surface area (Å²) in [6, 6.07) is 7.66. The van der Waals surface area contributed by atoms with Crippen LogP contribution in [0.25, 0.3) is 5.57 Å². The molecule has 0 saturated heterocycles. The molecule has 2 heteroatoms. The maximum atomic E-state index is 5.81. The lowest BCUT2D eigenvalue weighted by Crippen LogP contribution is -2.20. The standard InChI is InChI=1S/C13H14ClN/c1-4-9-15(3)10-11(2)12-5-7-13(14)8-6-12/h1,5-8H,2,9-10H2,3H3. The second-order valence-corrected chi connectivity index (χ2v) is 3.92. The van der Waals surface area contributed by atoms with Crippen molar-refractivity contribution in [2.75, 3.05) is 20.1 Å². The normalized spacial score (nSPS) is 10.0. The van der Waals surface area contributed by atoms with Crippen LogP contribution in [-0.4, -0.2) is 25.0 Å². The van der Waals surface area contributed by atoms with Crippen molar-refractivity contribution in [1.82, 2.24) is 4.90 Å². The molecule has 0 bridgehead atoms. The lowest BCUT2D eigenvalue weighted by atomic mass is 10.1. The lowest BCUT2D eigenvalue weighted by Gasteiger charge is -2.15. The van der Waals surface area contributed by atoms with Gasteiger partial charge in [-0.15, -0.1) is 6.42 Å². The van der Waals surface area contributed by atoms with Gasteiger partial charge < -0.3 is 0 Å². The summed E-state index contributed by atoms with van der Waals surface area (Å²) < 4.78 is 0. The van der Waals surface area contributed by atoms with Gasteiger partial charge in [0, 0.05) is 11.6 Å². The smallest absolute Gasteiger partial charge is 0.0599 e. The first-order valence-corrected chi connectivity index (χ1v) is 5.07. The molecule has 1 rings (SSSR count). The van der Waals surface area contributed by atoms with Crippen LogP contribution in [0.4, 0.5) is 0 Å². The summed E-state index contributed by atoms with van der Waals surface area (Å²) in [5.74, 6) is 2.60. The SMILES string of the molecule is C#CCN(C)CC(=C)c1ccc(Cl)cc1. The van der Waals surface area contributed by atoms with Crippen molar-refractivity contribution in [2.24, 2.45) is 0 Å². The minimum atomic E-state index is 0.632. The third-order valence-electron chi connectivity index (χ3n) is 2.07. The summed E-state index contributed by atoms with van der Waals surface area (Å²) >= 11 is 5.81. The largest absolute Gasteiger partial charge is 0.291 e. The second-order valence-electron chi connectivity index (χ2n) is 3.49. The van der Waals surface area contributed by atoms with Gasteiger partial charge in [0.1, 0.15) is 0 Å². The molecule has 1 nitrogen and oxygen atoms in total. The first-order valence-electron chi connectivity index (χ1n) is 4.69. The van der Waals surface area contributed by atoms with E-state index in [1.807, 2.05) is 36.2 Å². The number of hydrogen-bond acceptors (Lipinski definition) is 1. The molecule has 0 fully saturated rings. The summed E-state index contributed by atoms with van der Waals surface area (Å²) in [4.78, 5) is 2.04. The van der Waals surface area contributed by atoms with Crippen LogP contribution < -0.4 is 0 Å². The Morgan fingerprint density at radius 3 is 2.60 bits per heavy atom. The predicted octanol–water partition coefficient (Wildman–Crippen LogP) is 2.92. The van der Waals surface area contributed by atoms with Gasteiger partial charge in [0.15, 0.2) is 0 Å². The van der Waals surface area contributed by atoms with Crippen molar-refractivity contribution in [3.63, 3.8) is 0 Å². The number of benzene rings is 1. The Bertz CT molecular complexity index is 373. The van der Waals surface area contributed by atoms with Crippen molar-refractivity contribution in [3.05, 3.63) is 41.4 Å². The minimum absolute atomic E-state index is 0.632. The zero-order chi connectivity index (χ0) is 11.3. The molecule has 0 unspecified atom stereocenters. The van der Waals surface area contributed by atoms with Gasteiger partial charge in [-0.25, -0.2) is 0 Å². The molecule has 0 aliphatic heterocycles. The Morgan fingerprint density at radius 1 is 1.47 bits per heavy atom. The summed E-state index contributed by atoms with van der Waals surface area (Å²) in [7, 11) is 1.97. The van der Waals surface area contributed by atoms with E-state index in [1.54, 1.807) is 0 Å². The number of nitrogens with zero attached hydrogens (tertiary/aromatic N) is 1. The highest BCUT2D eigenvalue weighted by molar-refractivity contribution is 6.30. The van der Waals surface area contributed by atoms with Gasteiger partial charge in [-0.05, 0) is 30.3 Å². The summed E-state index contributed by atoms with van der Waals surface area (Å²) in [6.07, 6.45) is 5.22. The highest BCUT2D eigenvalue weighted by Gasteiger charge is 2.02. The van der Waals surface area contributed by atoms with Gasteiger partial charge in [-0.1, -0.05) is 36.2 Å². The third kappa shape index (κ3) is 3.79. The molecule has 1 aromatic carbocycles. The molecule has 0 spiro atoms. The zero-order valence-corrected chi connectivity index (χ0v) is 9.59. The van der Waals surface area contributed by atoms with Crippen molar-refractivity contribution >= 4 is 17.2 Å². The average Bonchev–Trinajstić information content (AvgIpc) is 2.18. The monoisotopic (exact) mass is 219 g/mol. The van der Waals surface area contributed by atoms with Crippen LogP contribution in [0.5, 0.6) is 0 Å². The Morgan fingerprint density at radius 2 is 2.07 bits per heavy atom. The van der Waals surface area contributed by atoms with Crippen LogP contribution in [0.1, 0.15) is 5.56 Å². The topological polar surface area (TPSA) is 3.24 Å². The molecule has 15 heavy (non-hydrogen) atoms. The van der Waals surface area contributed by atoms with E-state index in [9.17, 15) is 0 Å². The Labute approximate surface area is 96.4 Å². The van der Waals surface area contributed by atoms with Crippen LogP contribution in [0, 0.1) is 12.3 Å². The number of rotatable bonds is 4. The fraction of sp³-hybridized carbons (Fsp3) is 0.231. The Balaban J connectivity index is 2.62. The molecule has 0 radical (unpaired) electrons. The van der Waals surface area contributed by atoms with Crippen molar-refractivity contribution in [3.8, 4) is 12.3 Å². The predicted molar refractivity (Wildman–Crippen MR) is 66.8 cm³/mol. The highest BCUT2D eigenvalue weighted by atomic mass is 35.5. The number of terminal acetylenes is 1. The fourth-order valence-corrected chi connectivity index (χ4v) is 1.44.